The molecule has 3 nitrogen and oxygen atoms in total. The lowest BCUT2D eigenvalue weighted by Crippen LogP contribution is -2.23. The van der Waals surface area contributed by atoms with Gasteiger partial charge in [-0.25, -0.2) is 9.37 Å². The maximum atomic E-state index is 14.0. The van der Waals surface area contributed by atoms with Crippen molar-refractivity contribution in [3.8, 4) is 11.3 Å². The van der Waals surface area contributed by atoms with Crippen LogP contribution in [0.25, 0.3) is 22.3 Å². The van der Waals surface area contributed by atoms with E-state index in [2.05, 4.69) is 4.98 Å². The van der Waals surface area contributed by atoms with E-state index in [4.69, 9.17) is 11.6 Å². The molecule has 2 aromatic carbocycles. The molecule has 0 radical (unpaired) electrons. The molecule has 0 aliphatic rings. The monoisotopic (exact) mass is 302 g/mol. The molecule has 0 saturated heterocycles. The second kappa shape index (κ2) is 5.30. The third-order valence-corrected chi connectivity index (χ3v) is 3.61. The van der Waals surface area contributed by atoms with Crippen LogP contribution in [0.2, 0.25) is 5.02 Å². The zero-order valence-electron chi connectivity index (χ0n) is 11.3. The number of hydrogen-bond donors (Lipinski definition) is 0. The van der Waals surface area contributed by atoms with E-state index in [0.29, 0.717) is 22.6 Å². The molecule has 0 aliphatic heterocycles. The molecule has 0 spiro atoms. The Morgan fingerprint density at radius 2 is 1.90 bits per heavy atom. The van der Waals surface area contributed by atoms with Gasteiger partial charge in [0.15, 0.2) is 5.82 Å². The van der Waals surface area contributed by atoms with Crippen molar-refractivity contribution in [2.75, 3.05) is 0 Å². The van der Waals surface area contributed by atoms with Gasteiger partial charge in [-0.15, -0.1) is 0 Å². The van der Waals surface area contributed by atoms with Crippen LogP contribution < -0.4 is 5.56 Å². The summed E-state index contributed by atoms with van der Waals surface area (Å²) in [5.41, 5.74) is 1.31. The van der Waals surface area contributed by atoms with Crippen molar-refractivity contribution >= 4 is 22.6 Å². The zero-order valence-corrected chi connectivity index (χ0v) is 12.1. The Labute approximate surface area is 125 Å². The highest BCUT2D eigenvalue weighted by Gasteiger charge is 2.14. The lowest BCUT2D eigenvalue weighted by molar-refractivity contribution is 0.634. The molecule has 3 rings (SSSR count). The minimum atomic E-state index is -0.440. The van der Waals surface area contributed by atoms with E-state index >= 15 is 0 Å². The summed E-state index contributed by atoms with van der Waals surface area (Å²) in [6, 6.07) is 11.4. The summed E-state index contributed by atoms with van der Waals surface area (Å²) < 4.78 is 15.5. The van der Waals surface area contributed by atoms with Crippen molar-refractivity contribution < 1.29 is 4.39 Å². The molecule has 5 heteroatoms. The van der Waals surface area contributed by atoms with Crippen LogP contribution in [0, 0.1) is 5.82 Å². The van der Waals surface area contributed by atoms with Gasteiger partial charge in [-0.1, -0.05) is 29.8 Å². The lowest BCUT2D eigenvalue weighted by atomic mass is 10.1. The average molecular weight is 303 g/mol. The molecule has 0 bridgehead atoms. The molecule has 0 saturated carbocycles. The topological polar surface area (TPSA) is 34.9 Å². The third kappa shape index (κ3) is 2.32. The SMILES string of the molecule is CCn1c(=O)c(-c2ccc(Cl)cc2)nc2c(F)cccc21. The van der Waals surface area contributed by atoms with Gasteiger partial charge < -0.3 is 4.57 Å². The fourth-order valence-electron chi connectivity index (χ4n) is 2.34. The number of fused-ring (bicyclic) bond motifs is 1. The standard InChI is InChI=1S/C16H12ClFN2O/c1-2-20-13-5-3-4-12(18)15(13)19-14(16(20)21)10-6-8-11(17)9-7-10/h3-9H,2H2,1H3. The second-order valence-electron chi connectivity index (χ2n) is 4.62. The molecular weight excluding hydrogens is 291 g/mol. The van der Waals surface area contributed by atoms with Crippen molar-refractivity contribution in [2.45, 2.75) is 13.5 Å². The Bertz CT molecular complexity index is 872. The lowest BCUT2D eigenvalue weighted by Gasteiger charge is -2.10. The van der Waals surface area contributed by atoms with Gasteiger partial charge in [-0.2, -0.15) is 0 Å². The number of aryl methyl sites for hydroxylation is 1. The molecule has 0 amide bonds. The quantitative estimate of drug-likeness (QED) is 0.720. The van der Waals surface area contributed by atoms with Crippen molar-refractivity contribution in [1.82, 2.24) is 9.55 Å². The summed E-state index contributed by atoms with van der Waals surface area (Å²) in [6.45, 7) is 2.29. The van der Waals surface area contributed by atoms with Crippen LogP contribution in [0.3, 0.4) is 0 Å². The van der Waals surface area contributed by atoms with Gasteiger partial charge in [-0.3, -0.25) is 4.79 Å². The van der Waals surface area contributed by atoms with E-state index < -0.39 is 5.82 Å². The van der Waals surface area contributed by atoms with Gasteiger partial charge in [0.25, 0.3) is 5.56 Å². The summed E-state index contributed by atoms with van der Waals surface area (Å²) >= 11 is 5.85. The van der Waals surface area contributed by atoms with Crippen molar-refractivity contribution in [1.29, 1.82) is 0 Å². The van der Waals surface area contributed by atoms with E-state index in [9.17, 15) is 9.18 Å². The minimum absolute atomic E-state index is 0.198. The molecule has 0 unspecified atom stereocenters. The molecule has 0 aliphatic carbocycles. The molecule has 106 valence electrons. The van der Waals surface area contributed by atoms with Crippen molar-refractivity contribution in [3.05, 3.63) is 63.7 Å². The highest BCUT2D eigenvalue weighted by molar-refractivity contribution is 6.30. The molecular formula is C16H12ClFN2O. The van der Waals surface area contributed by atoms with Crippen LogP contribution >= 0.6 is 11.6 Å². The van der Waals surface area contributed by atoms with Gasteiger partial charge in [-0.05, 0) is 31.2 Å². The maximum absolute atomic E-state index is 14.0. The zero-order chi connectivity index (χ0) is 15.0. The molecule has 0 atom stereocenters. The number of aromatic nitrogens is 2. The van der Waals surface area contributed by atoms with E-state index in [1.807, 2.05) is 6.92 Å². The molecule has 1 aromatic heterocycles. The minimum Gasteiger partial charge on any atom is -0.305 e. The van der Waals surface area contributed by atoms with Gasteiger partial charge in [0.1, 0.15) is 11.2 Å². The van der Waals surface area contributed by atoms with Crippen LogP contribution in [0.1, 0.15) is 6.92 Å². The highest BCUT2D eigenvalue weighted by Crippen LogP contribution is 2.21. The van der Waals surface area contributed by atoms with E-state index in [0.717, 1.165) is 0 Å². The third-order valence-electron chi connectivity index (χ3n) is 3.36. The molecule has 1 heterocycles. The fraction of sp³-hybridized carbons (Fsp3) is 0.125. The number of para-hydroxylation sites is 1. The number of rotatable bonds is 2. The number of hydrogen-bond acceptors (Lipinski definition) is 2. The Balaban J connectivity index is 2.38. The van der Waals surface area contributed by atoms with E-state index in [-0.39, 0.29) is 16.8 Å². The van der Waals surface area contributed by atoms with Gasteiger partial charge in [0.05, 0.1) is 5.52 Å². The summed E-state index contributed by atoms with van der Waals surface area (Å²) in [5.74, 6) is -0.440. The van der Waals surface area contributed by atoms with Crippen LogP contribution in [0.5, 0.6) is 0 Å². The van der Waals surface area contributed by atoms with Crippen LogP contribution in [0.15, 0.2) is 47.3 Å². The second-order valence-corrected chi connectivity index (χ2v) is 5.06. The van der Waals surface area contributed by atoms with Crippen LogP contribution in [-0.4, -0.2) is 9.55 Å². The van der Waals surface area contributed by atoms with E-state index in [1.165, 1.54) is 10.6 Å². The largest absolute Gasteiger partial charge is 0.305 e. The van der Waals surface area contributed by atoms with Crippen LogP contribution in [0.4, 0.5) is 4.39 Å². The Hall–Kier alpha value is -2.20. The van der Waals surface area contributed by atoms with Gasteiger partial charge in [0, 0.05) is 17.1 Å². The Kier molecular flexibility index (Phi) is 3.47. The number of nitrogens with zero attached hydrogens (tertiary/aromatic N) is 2. The highest BCUT2D eigenvalue weighted by atomic mass is 35.5. The fourth-order valence-corrected chi connectivity index (χ4v) is 2.47. The number of benzene rings is 2. The Morgan fingerprint density at radius 3 is 2.57 bits per heavy atom. The predicted molar refractivity (Wildman–Crippen MR) is 82.1 cm³/mol. The predicted octanol–water partition coefficient (Wildman–Crippen LogP) is 3.88. The first-order valence-corrected chi connectivity index (χ1v) is 6.94. The molecule has 0 fully saturated rings. The Morgan fingerprint density at radius 1 is 1.19 bits per heavy atom. The first kappa shape index (κ1) is 13.8. The molecule has 0 N–H and O–H groups in total. The van der Waals surface area contributed by atoms with Crippen molar-refractivity contribution in [3.63, 3.8) is 0 Å². The average Bonchev–Trinajstić information content (AvgIpc) is 2.48. The van der Waals surface area contributed by atoms with Gasteiger partial charge in [0.2, 0.25) is 0 Å². The summed E-state index contributed by atoms with van der Waals surface area (Å²) in [7, 11) is 0. The van der Waals surface area contributed by atoms with Gasteiger partial charge >= 0.3 is 0 Å². The number of halogens is 2. The molecule has 3 aromatic rings. The summed E-state index contributed by atoms with van der Waals surface area (Å²) in [6.07, 6.45) is 0. The van der Waals surface area contributed by atoms with Crippen LogP contribution in [-0.2, 0) is 6.54 Å². The smallest absolute Gasteiger partial charge is 0.277 e. The van der Waals surface area contributed by atoms with Crippen molar-refractivity contribution in [2.24, 2.45) is 0 Å². The summed E-state index contributed by atoms with van der Waals surface area (Å²) in [4.78, 5) is 16.8. The maximum Gasteiger partial charge on any atom is 0.277 e. The first-order valence-electron chi connectivity index (χ1n) is 6.57. The molecule has 21 heavy (non-hydrogen) atoms. The first-order chi connectivity index (χ1) is 10.1. The summed E-state index contributed by atoms with van der Waals surface area (Å²) in [5, 5.41) is 0.571. The van der Waals surface area contributed by atoms with E-state index in [1.54, 1.807) is 36.4 Å². The normalized spacial score (nSPS) is 11.0.